The number of sulfonamides is 1. The minimum Gasteiger partial charge on any atom is -0.354 e. The van der Waals surface area contributed by atoms with Crippen LogP contribution in [0, 0.1) is 0 Å². The summed E-state index contributed by atoms with van der Waals surface area (Å²) in [7, 11) is -3.57. The number of thiophene rings is 1. The van der Waals surface area contributed by atoms with E-state index in [1.807, 2.05) is 29.8 Å². The second kappa shape index (κ2) is 11.7. The Hall–Kier alpha value is -2.93. The van der Waals surface area contributed by atoms with Gasteiger partial charge in [0.15, 0.2) is 0 Å². The standard InChI is InChI=1S/C23H28N6O4S2/c30-18-28(31)10-1-4-20(23-24-8-3-9-25-23)17-35(32,33)29-13-11-27(12-14-29)22-7-6-19(16-26-22)21-5-2-15-34-21/h2-3,5-9,15-16,18,20,31H,1,4,10-14,17H2. The first-order chi connectivity index (χ1) is 17.0. The fourth-order valence-electron chi connectivity index (χ4n) is 4.08. The summed E-state index contributed by atoms with van der Waals surface area (Å²) < 4.78 is 28.0. The van der Waals surface area contributed by atoms with Crippen LogP contribution in [0.3, 0.4) is 0 Å². The van der Waals surface area contributed by atoms with E-state index in [-0.39, 0.29) is 12.3 Å². The molecule has 4 rings (SSSR count). The van der Waals surface area contributed by atoms with Gasteiger partial charge in [0.1, 0.15) is 11.6 Å². The summed E-state index contributed by atoms with van der Waals surface area (Å²) in [4.78, 5) is 27.0. The molecule has 1 atom stereocenters. The van der Waals surface area contributed by atoms with E-state index >= 15 is 0 Å². The van der Waals surface area contributed by atoms with Crippen LogP contribution >= 0.6 is 11.3 Å². The third kappa shape index (κ3) is 6.60. The van der Waals surface area contributed by atoms with Crippen LogP contribution < -0.4 is 4.90 Å². The van der Waals surface area contributed by atoms with Crippen LogP contribution in [-0.4, -0.2) is 82.8 Å². The molecule has 1 amide bonds. The summed E-state index contributed by atoms with van der Waals surface area (Å²) in [5.74, 6) is 0.713. The average Bonchev–Trinajstić information content (AvgIpc) is 3.44. The molecule has 0 saturated carbocycles. The topological polar surface area (TPSA) is 120 Å². The largest absolute Gasteiger partial charge is 0.354 e. The Labute approximate surface area is 208 Å². The zero-order valence-corrected chi connectivity index (χ0v) is 20.8. The van der Waals surface area contributed by atoms with Gasteiger partial charge < -0.3 is 4.90 Å². The first kappa shape index (κ1) is 25.2. The van der Waals surface area contributed by atoms with Gasteiger partial charge in [0.2, 0.25) is 16.4 Å². The van der Waals surface area contributed by atoms with Crippen LogP contribution in [0.25, 0.3) is 10.4 Å². The van der Waals surface area contributed by atoms with Gasteiger partial charge in [0, 0.05) is 67.7 Å². The van der Waals surface area contributed by atoms with Crippen LogP contribution in [0.1, 0.15) is 24.6 Å². The van der Waals surface area contributed by atoms with E-state index in [0.29, 0.717) is 56.3 Å². The Kier molecular flexibility index (Phi) is 8.39. The van der Waals surface area contributed by atoms with Crippen molar-refractivity contribution in [1.82, 2.24) is 24.3 Å². The summed E-state index contributed by atoms with van der Waals surface area (Å²) in [6.07, 6.45) is 6.20. The van der Waals surface area contributed by atoms with Crippen LogP contribution in [0.5, 0.6) is 0 Å². The maximum absolute atomic E-state index is 13.3. The molecular weight excluding hydrogens is 488 g/mol. The van der Waals surface area contributed by atoms with Crippen molar-refractivity contribution in [2.75, 3.05) is 43.4 Å². The Morgan fingerprint density at radius 2 is 1.86 bits per heavy atom. The normalized spacial score (nSPS) is 15.6. The zero-order chi connectivity index (χ0) is 24.7. The minimum absolute atomic E-state index is 0.115. The molecule has 1 fully saturated rings. The molecule has 10 nitrogen and oxygen atoms in total. The van der Waals surface area contributed by atoms with Gasteiger partial charge in [-0.25, -0.2) is 28.4 Å². The van der Waals surface area contributed by atoms with E-state index in [9.17, 15) is 18.4 Å². The van der Waals surface area contributed by atoms with Crippen molar-refractivity contribution >= 4 is 33.6 Å². The van der Waals surface area contributed by atoms with Crippen LogP contribution in [0.4, 0.5) is 5.82 Å². The van der Waals surface area contributed by atoms with Gasteiger partial charge in [0.05, 0.1) is 5.75 Å². The molecule has 0 aliphatic carbocycles. The summed E-state index contributed by atoms with van der Waals surface area (Å²) >= 11 is 1.66. The number of pyridine rings is 1. The first-order valence-corrected chi connectivity index (χ1v) is 13.9. The van der Waals surface area contributed by atoms with E-state index in [1.54, 1.807) is 29.8 Å². The van der Waals surface area contributed by atoms with Gasteiger partial charge in [-0.15, -0.1) is 11.3 Å². The molecule has 0 aromatic carbocycles. The number of hydrogen-bond acceptors (Lipinski definition) is 9. The molecule has 12 heteroatoms. The van der Waals surface area contributed by atoms with Crippen molar-refractivity contribution in [3.63, 3.8) is 0 Å². The molecule has 0 bridgehead atoms. The first-order valence-electron chi connectivity index (χ1n) is 11.4. The highest BCUT2D eigenvalue weighted by atomic mass is 32.2. The smallest absolute Gasteiger partial charge is 0.233 e. The molecule has 35 heavy (non-hydrogen) atoms. The lowest BCUT2D eigenvalue weighted by Gasteiger charge is -2.35. The molecule has 1 N–H and O–H groups in total. The number of hydrogen-bond donors (Lipinski definition) is 1. The molecule has 3 aromatic heterocycles. The second-order valence-electron chi connectivity index (χ2n) is 8.26. The molecule has 1 aliphatic heterocycles. The van der Waals surface area contributed by atoms with Crippen molar-refractivity contribution in [2.45, 2.75) is 18.8 Å². The Balaban J connectivity index is 1.37. The highest BCUT2D eigenvalue weighted by Gasteiger charge is 2.31. The predicted molar refractivity (Wildman–Crippen MR) is 134 cm³/mol. The van der Waals surface area contributed by atoms with Gasteiger partial charge in [-0.2, -0.15) is 4.31 Å². The number of carbonyl (C=O) groups is 1. The van der Waals surface area contributed by atoms with Crippen molar-refractivity contribution < 1.29 is 18.4 Å². The highest BCUT2D eigenvalue weighted by Crippen LogP contribution is 2.26. The van der Waals surface area contributed by atoms with Crippen molar-refractivity contribution in [2.24, 2.45) is 0 Å². The zero-order valence-electron chi connectivity index (χ0n) is 19.2. The quantitative estimate of drug-likeness (QED) is 0.234. The fourth-order valence-corrected chi connectivity index (χ4v) is 6.55. The molecule has 1 aliphatic rings. The fraction of sp³-hybridized carbons (Fsp3) is 0.391. The molecule has 1 saturated heterocycles. The van der Waals surface area contributed by atoms with Crippen LogP contribution in [0.15, 0.2) is 54.3 Å². The van der Waals surface area contributed by atoms with E-state index in [0.717, 1.165) is 16.3 Å². The number of piperazine rings is 1. The van der Waals surface area contributed by atoms with Gasteiger partial charge >= 0.3 is 0 Å². The number of nitrogens with zero attached hydrogens (tertiary/aromatic N) is 6. The third-order valence-electron chi connectivity index (χ3n) is 5.93. The number of rotatable bonds is 11. The van der Waals surface area contributed by atoms with Crippen LogP contribution in [-0.2, 0) is 14.8 Å². The number of anilines is 1. The maximum Gasteiger partial charge on any atom is 0.233 e. The lowest BCUT2D eigenvalue weighted by Crippen LogP contribution is -2.50. The van der Waals surface area contributed by atoms with Gasteiger partial charge in [0.25, 0.3) is 0 Å². The molecule has 1 unspecified atom stereocenters. The van der Waals surface area contributed by atoms with Crippen LogP contribution in [0.2, 0.25) is 0 Å². The van der Waals surface area contributed by atoms with Gasteiger partial charge in [-0.1, -0.05) is 6.07 Å². The maximum atomic E-state index is 13.3. The molecular formula is C23H28N6O4S2. The molecule has 3 aromatic rings. The molecule has 4 heterocycles. The number of amides is 1. The monoisotopic (exact) mass is 516 g/mol. The third-order valence-corrected chi connectivity index (χ3v) is 8.83. The summed E-state index contributed by atoms with van der Waals surface area (Å²) in [5, 5.41) is 11.9. The molecule has 0 radical (unpaired) electrons. The Morgan fingerprint density at radius 1 is 1.09 bits per heavy atom. The highest BCUT2D eigenvalue weighted by molar-refractivity contribution is 7.89. The minimum atomic E-state index is -3.57. The van der Waals surface area contributed by atoms with E-state index in [2.05, 4.69) is 25.9 Å². The van der Waals surface area contributed by atoms with Gasteiger partial charge in [-0.05, 0) is 42.5 Å². The SMILES string of the molecule is O=CN(O)CCCC(CS(=O)(=O)N1CCN(c2ccc(-c3cccs3)cn2)CC1)c1ncccn1. The number of hydroxylamine groups is 2. The van der Waals surface area contributed by atoms with Crippen molar-refractivity contribution in [3.8, 4) is 10.4 Å². The van der Waals surface area contributed by atoms with E-state index in [4.69, 9.17) is 0 Å². The Morgan fingerprint density at radius 3 is 2.49 bits per heavy atom. The summed E-state index contributed by atoms with van der Waals surface area (Å²) in [6, 6.07) is 9.76. The summed E-state index contributed by atoms with van der Waals surface area (Å²) in [5.41, 5.74) is 1.07. The lowest BCUT2D eigenvalue weighted by atomic mass is 10.0. The molecule has 186 valence electrons. The average molecular weight is 517 g/mol. The van der Waals surface area contributed by atoms with Crippen molar-refractivity contribution in [3.05, 3.63) is 60.1 Å². The second-order valence-corrected chi connectivity index (χ2v) is 11.2. The summed E-state index contributed by atoms with van der Waals surface area (Å²) in [6.45, 7) is 1.96. The van der Waals surface area contributed by atoms with E-state index < -0.39 is 15.9 Å². The van der Waals surface area contributed by atoms with Crippen molar-refractivity contribution in [1.29, 1.82) is 0 Å². The lowest BCUT2D eigenvalue weighted by molar-refractivity contribution is -0.149. The Bertz CT molecular complexity index is 1170. The van der Waals surface area contributed by atoms with Gasteiger partial charge in [-0.3, -0.25) is 10.0 Å². The molecule has 0 spiro atoms. The van der Waals surface area contributed by atoms with E-state index in [1.165, 1.54) is 4.31 Å². The predicted octanol–water partition coefficient (Wildman–Crippen LogP) is 2.46. The number of carbonyl (C=O) groups excluding carboxylic acids is 1. The number of aromatic nitrogens is 3.